The van der Waals surface area contributed by atoms with Gasteiger partial charge in [-0.05, 0) is 48.4 Å². The first-order valence-corrected chi connectivity index (χ1v) is 7.77. The summed E-state index contributed by atoms with van der Waals surface area (Å²) < 4.78 is 13.2. The number of halogens is 2. The van der Waals surface area contributed by atoms with Crippen LogP contribution in [0.15, 0.2) is 54.6 Å². The summed E-state index contributed by atoms with van der Waals surface area (Å²) in [6, 6.07) is 17.4. The molecule has 0 nitrogen and oxygen atoms in total. The summed E-state index contributed by atoms with van der Waals surface area (Å²) in [5, 5.41) is 0.880. The van der Waals surface area contributed by atoms with Gasteiger partial charge in [-0.3, -0.25) is 0 Å². The number of alkyl halides is 1. The van der Waals surface area contributed by atoms with E-state index in [1.54, 1.807) is 12.1 Å². The standard InChI is InChI=1S/C17H18BrF/c18-13-16(15-9-5-11-17(19)12-15)10-4-8-14-6-2-1-3-7-14/h1-3,5-7,9,11-12,16H,4,8,10,13H2. The molecule has 0 N–H and O–H groups in total. The SMILES string of the molecule is Fc1cccc(C(CBr)CCCc2ccccc2)c1. The Balaban J connectivity index is 1.89. The highest BCUT2D eigenvalue weighted by atomic mass is 79.9. The highest BCUT2D eigenvalue weighted by molar-refractivity contribution is 9.09. The lowest BCUT2D eigenvalue weighted by Gasteiger charge is -2.14. The van der Waals surface area contributed by atoms with Crippen molar-refractivity contribution in [1.29, 1.82) is 0 Å². The molecule has 0 fully saturated rings. The molecule has 0 saturated heterocycles. The van der Waals surface area contributed by atoms with Crippen LogP contribution in [0.4, 0.5) is 4.39 Å². The summed E-state index contributed by atoms with van der Waals surface area (Å²) in [7, 11) is 0. The summed E-state index contributed by atoms with van der Waals surface area (Å²) >= 11 is 3.54. The van der Waals surface area contributed by atoms with Crippen molar-refractivity contribution >= 4 is 15.9 Å². The van der Waals surface area contributed by atoms with E-state index in [1.807, 2.05) is 12.1 Å². The van der Waals surface area contributed by atoms with Crippen molar-refractivity contribution in [3.8, 4) is 0 Å². The third kappa shape index (κ3) is 4.46. The van der Waals surface area contributed by atoms with Crippen molar-refractivity contribution in [3.63, 3.8) is 0 Å². The van der Waals surface area contributed by atoms with Crippen molar-refractivity contribution in [3.05, 3.63) is 71.5 Å². The zero-order chi connectivity index (χ0) is 13.5. The first kappa shape index (κ1) is 14.3. The molecular formula is C17H18BrF. The van der Waals surface area contributed by atoms with Crippen LogP contribution in [0.25, 0.3) is 0 Å². The van der Waals surface area contributed by atoms with E-state index < -0.39 is 0 Å². The van der Waals surface area contributed by atoms with Crippen molar-refractivity contribution < 1.29 is 4.39 Å². The van der Waals surface area contributed by atoms with E-state index in [0.29, 0.717) is 5.92 Å². The largest absolute Gasteiger partial charge is 0.207 e. The smallest absolute Gasteiger partial charge is 0.123 e. The zero-order valence-corrected chi connectivity index (χ0v) is 12.4. The fourth-order valence-electron chi connectivity index (χ4n) is 2.29. The molecule has 100 valence electrons. The van der Waals surface area contributed by atoms with Gasteiger partial charge in [0.1, 0.15) is 5.82 Å². The number of aryl methyl sites for hydroxylation is 1. The van der Waals surface area contributed by atoms with Gasteiger partial charge in [-0.25, -0.2) is 4.39 Å². The van der Waals surface area contributed by atoms with E-state index in [1.165, 1.54) is 11.6 Å². The molecule has 0 radical (unpaired) electrons. The van der Waals surface area contributed by atoms with Crippen LogP contribution in [0, 0.1) is 5.82 Å². The Hall–Kier alpha value is -1.15. The number of hydrogen-bond acceptors (Lipinski definition) is 0. The Morgan fingerprint density at radius 3 is 2.47 bits per heavy atom. The Bertz CT molecular complexity index is 496. The molecule has 0 spiro atoms. The lowest BCUT2D eigenvalue weighted by atomic mass is 9.94. The van der Waals surface area contributed by atoms with Crippen LogP contribution in [0.5, 0.6) is 0 Å². The van der Waals surface area contributed by atoms with Gasteiger partial charge in [0.25, 0.3) is 0 Å². The molecule has 0 bridgehead atoms. The van der Waals surface area contributed by atoms with Crippen LogP contribution in [-0.2, 0) is 6.42 Å². The van der Waals surface area contributed by atoms with Crippen LogP contribution in [-0.4, -0.2) is 5.33 Å². The first-order chi connectivity index (χ1) is 9.29. The van der Waals surface area contributed by atoms with E-state index >= 15 is 0 Å². The molecule has 0 saturated carbocycles. The topological polar surface area (TPSA) is 0 Å². The molecule has 0 aromatic heterocycles. The van der Waals surface area contributed by atoms with Crippen molar-refractivity contribution in [2.24, 2.45) is 0 Å². The van der Waals surface area contributed by atoms with E-state index in [9.17, 15) is 4.39 Å². The maximum atomic E-state index is 13.2. The highest BCUT2D eigenvalue weighted by Gasteiger charge is 2.10. The monoisotopic (exact) mass is 320 g/mol. The van der Waals surface area contributed by atoms with Gasteiger partial charge in [0, 0.05) is 5.33 Å². The van der Waals surface area contributed by atoms with Gasteiger partial charge in [0.05, 0.1) is 0 Å². The summed E-state index contributed by atoms with van der Waals surface area (Å²) in [6.45, 7) is 0. The van der Waals surface area contributed by atoms with Gasteiger partial charge in [-0.15, -0.1) is 0 Å². The molecule has 2 heteroatoms. The van der Waals surface area contributed by atoms with Crippen LogP contribution < -0.4 is 0 Å². The van der Waals surface area contributed by atoms with Gasteiger partial charge in [0.15, 0.2) is 0 Å². The van der Waals surface area contributed by atoms with Crippen molar-refractivity contribution in [2.75, 3.05) is 5.33 Å². The van der Waals surface area contributed by atoms with Gasteiger partial charge >= 0.3 is 0 Å². The predicted molar refractivity (Wildman–Crippen MR) is 82.3 cm³/mol. The molecular weight excluding hydrogens is 303 g/mol. The van der Waals surface area contributed by atoms with E-state index in [4.69, 9.17) is 0 Å². The molecule has 19 heavy (non-hydrogen) atoms. The summed E-state index contributed by atoms with van der Waals surface area (Å²) in [4.78, 5) is 0. The first-order valence-electron chi connectivity index (χ1n) is 6.65. The number of benzene rings is 2. The molecule has 1 atom stereocenters. The fraction of sp³-hybridized carbons (Fsp3) is 0.294. The number of hydrogen-bond donors (Lipinski definition) is 0. The molecule has 0 heterocycles. The normalized spacial score (nSPS) is 12.3. The van der Waals surface area contributed by atoms with Crippen LogP contribution in [0.2, 0.25) is 0 Å². The van der Waals surface area contributed by atoms with Crippen LogP contribution in [0.1, 0.15) is 29.9 Å². The zero-order valence-electron chi connectivity index (χ0n) is 10.9. The summed E-state index contributed by atoms with van der Waals surface area (Å²) in [6.07, 6.45) is 3.28. The second-order valence-corrected chi connectivity index (χ2v) is 5.43. The molecule has 2 aromatic rings. The minimum atomic E-state index is -0.147. The molecule has 2 rings (SSSR count). The third-order valence-electron chi connectivity index (χ3n) is 3.37. The molecule has 0 aliphatic carbocycles. The Morgan fingerprint density at radius 2 is 1.79 bits per heavy atom. The minimum Gasteiger partial charge on any atom is -0.207 e. The van der Waals surface area contributed by atoms with E-state index in [0.717, 1.165) is 30.2 Å². The molecule has 0 aliphatic heterocycles. The Labute approximate surface area is 122 Å². The predicted octanol–water partition coefficient (Wildman–Crippen LogP) is 5.33. The van der Waals surface area contributed by atoms with Crippen molar-refractivity contribution in [2.45, 2.75) is 25.2 Å². The fourth-order valence-corrected chi connectivity index (χ4v) is 2.99. The second kappa shape index (κ2) is 7.44. The molecule has 2 aromatic carbocycles. The average Bonchev–Trinajstić information content (AvgIpc) is 2.45. The number of rotatable bonds is 6. The van der Waals surface area contributed by atoms with E-state index in [2.05, 4.69) is 40.2 Å². The highest BCUT2D eigenvalue weighted by Crippen LogP contribution is 2.25. The Morgan fingerprint density at radius 1 is 1.00 bits per heavy atom. The van der Waals surface area contributed by atoms with Gasteiger partial charge < -0.3 is 0 Å². The van der Waals surface area contributed by atoms with E-state index in [-0.39, 0.29) is 5.82 Å². The Kier molecular flexibility index (Phi) is 5.59. The summed E-state index contributed by atoms with van der Waals surface area (Å²) in [5.74, 6) is 0.242. The average molecular weight is 321 g/mol. The maximum Gasteiger partial charge on any atom is 0.123 e. The quantitative estimate of drug-likeness (QED) is 0.631. The van der Waals surface area contributed by atoms with Crippen LogP contribution >= 0.6 is 15.9 Å². The lowest BCUT2D eigenvalue weighted by Crippen LogP contribution is -2.01. The van der Waals surface area contributed by atoms with Crippen molar-refractivity contribution in [1.82, 2.24) is 0 Å². The lowest BCUT2D eigenvalue weighted by molar-refractivity contribution is 0.609. The molecule has 0 amide bonds. The summed E-state index contributed by atoms with van der Waals surface area (Å²) in [5.41, 5.74) is 2.46. The second-order valence-electron chi connectivity index (χ2n) is 4.78. The van der Waals surface area contributed by atoms with Gasteiger partial charge in [0.2, 0.25) is 0 Å². The van der Waals surface area contributed by atoms with Gasteiger partial charge in [-0.2, -0.15) is 0 Å². The van der Waals surface area contributed by atoms with Gasteiger partial charge in [-0.1, -0.05) is 58.4 Å². The molecule has 1 unspecified atom stereocenters. The molecule has 0 aliphatic rings. The van der Waals surface area contributed by atoms with Crippen LogP contribution in [0.3, 0.4) is 0 Å². The third-order valence-corrected chi connectivity index (χ3v) is 4.15. The maximum absolute atomic E-state index is 13.2. The minimum absolute atomic E-state index is 0.147.